The zero-order chi connectivity index (χ0) is 9.26. The average Bonchev–Trinajstić information content (AvgIpc) is 2.53. The predicted molar refractivity (Wildman–Crippen MR) is 52.3 cm³/mol. The summed E-state index contributed by atoms with van der Waals surface area (Å²) >= 11 is 0. The summed E-state index contributed by atoms with van der Waals surface area (Å²) < 4.78 is 0. The predicted octanol–water partition coefficient (Wildman–Crippen LogP) is 2.49. The Labute approximate surface area is 77.6 Å². The Hall–Kier alpha value is -1.57. The van der Waals surface area contributed by atoms with Crippen molar-refractivity contribution in [3.05, 3.63) is 41.7 Å². The fourth-order valence-corrected chi connectivity index (χ4v) is 1.49. The van der Waals surface area contributed by atoms with Crippen molar-refractivity contribution in [2.45, 2.75) is 13.8 Å². The molecule has 0 saturated carbocycles. The zero-order valence-electron chi connectivity index (χ0n) is 7.76. The van der Waals surface area contributed by atoms with Crippen LogP contribution in [0.4, 0.5) is 0 Å². The number of nitrogens with zero attached hydrogens (tertiary/aromatic N) is 1. The summed E-state index contributed by atoms with van der Waals surface area (Å²) in [6.07, 6.45) is 4.48. The van der Waals surface area contributed by atoms with E-state index in [4.69, 9.17) is 0 Å². The second kappa shape index (κ2) is 3.05. The van der Waals surface area contributed by atoms with Crippen molar-refractivity contribution in [3.63, 3.8) is 0 Å². The maximum absolute atomic E-state index is 4.16. The molecule has 1 N–H and O–H groups in total. The van der Waals surface area contributed by atoms with E-state index in [9.17, 15) is 0 Å². The lowest BCUT2D eigenvalue weighted by atomic mass is 10.1. The van der Waals surface area contributed by atoms with E-state index in [1.54, 1.807) is 6.20 Å². The Bertz CT molecular complexity index is 382. The van der Waals surface area contributed by atoms with Crippen LogP contribution in [0.3, 0.4) is 0 Å². The van der Waals surface area contributed by atoms with Gasteiger partial charge in [-0.3, -0.25) is 0 Å². The van der Waals surface area contributed by atoms with Gasteiger partial charge >= 0.3 is 0 Å². The minimum absolute atomic E-state index is 0.881. The summed E-state index contributed by atoms with van der Waals surface area (Å²) in [5.74, 6) is 0.881. The van der Waals surface area contributed by atoms with Gasteiger partial charge in [0.05, 0.1) is 12.4 Å². The topological polar surface area (TPSA) is 28.7 Å². The van der Waals surface area contributed by atoms with Crippen LogP contribution in [0.15, 0.2) is 24.4 Å². The Kier molecular flexibility index (Phi) is 1.89. The zero-order valence-corrected chi connectivity index (χ0v) is 7.76. The van der Waals surface area contributed by atoms with Gasteiger partial charge < -0.3 is 4.98 Å². The summed E-state index contributed by atoms with van der Waals surface area (Å²) in [6.45, 7) is 4.17. The molecule has 0 amide bonds. The minimum Gasteiger partial charge on any atom is -0.337 e. The number of rotatable bonds is 1. The molecular weight excluding hydrogens is 160 g/mol. The lowest BCUT2D eigenvalue weighted by Gasteiger charge is -2.01. The van der Waals surface area contributed by atoms with Gasteiger partial charge in [-0.15, -0.1) is 0 Å². The molecule has 0 aliphatic heterocycles. The standard InChI is InChI=1S/C11H11N2/c1-8-5-9(2)7-10(6-8)11-12-3-4-13-11/h3,5-7H,1-2H3,(H,12,13). The fraction of sp³-hybridized carbons (Fsp3) is 0.182. The highest BCUT2D eigenvalue weighted by atomic mass is 14.9. The molecule has 2 nitrogen and oxygen atoms in total. The number of aromatic nitrogens is 2. The van der Waals surface area contributed by atoms with E-state index < -0.39 is 0 Å². The van der Waals surface area contributed by atoms with Crippen molar-refractivity contribution < 1.29 is 0 Å². The van der Waals surface area contributed by atoms with Gasteiger partial charge in [-0.25, -0.2) is 4.98 Å². The number of aromatic amines is 1. The minimum atomic E-state index is 0.881. The van der Waals surface area contributed by atoms with E-state index in [0.29, 0.717) is 0 Å². The van der Waals surface area contributed by atoms with Gasteiger partial charge in [0, 0.05) is 5.56 Å². The number of aryl methyl sites for hydroxylation is 2. The number of hydrogen-bond donors (Lipinski definition) is 1. The van der Waals surface area contributed by atoms with Gasteiger partial charge in [-0.1, -0.05) is 17.2 Å². The van der Waals surface area contributed by atoms with Gasteiger partial charge in [0.2, 0.25) is 0 Å². The van der Waals surface area contributed by atoms with Crippen LogP contribution in [0.5, 0.6) is 0 Å². The molecule has 13 heavy (non-hydrogen) atoms. The summed E-state index contributed by atoms with van der Waals surface area (Å²) in [6, 6.07) is 6.37. The first-order valence-corrected chi connectivity index (χ1v) is 4.25. The monoisotopic (exact) mass is 171 g/mol. The molecule has 1 aromatic heterocycles. The maximum atomic E-state index is 4.16. The Balaban J connectivity index is 2.53. The van der Waals surface area contributed by atoms with E-state index >= 15 is 0 Å². The van der Waals surface area contributed by atoms with E-state index in [-0.39, 0.29) is 0 Å². The molecule has 0 aliphatic carbocycles. The lowest BCUT2D eigenvalue weighted by Crippen LogP contribution is -1.84. The third kappa shape index (κ3) is 1.61. The molecule has 0 spiro atoms. The van der Waals surface area contributed by atoms with Gasteiger partial charge in [0.1, 0.15) is 5.82 Å². The van der Waals surface area contributed by atoms with E-state index in [1.807, 2.05) is 0 Å². The molecule has 0 bridgehead atoms. The van der Waals surface area contributed by atoms with Crippen LogP contribution in [0.25, 0.3) is 11.4 Å². The highest BCUT2D eigenvalue weighted by Gasteiger charge is 2.00. The van der Waals surface area contributed by atoms with Gasteiger partial charge in [0.15, 0.2) is 0 Å². The van der Waals surface area contributed by atoms with Gasteiger partial charge in [-0.05, 0) is 26.0 Å². The number of benzene rings is 1. The third-order valence-electron chi connectivity index (χ3n) is 1.94. The molecule has 0 saturated heterocycles. The number of imidazole rings is 1. The molecule has 0 aliphatic rings. The molecular formula is C11H11N2. The van der Waals surface area contributed by atoms with Crippen molar-refractivity contribution in [3.8, 4) is 11.4 Å². The molecule has 0 atom stereocenters. The van der Waals surface area contributed by atoms with Crippen molar-refractivity contribution in [1.82, 2.24) is 9.97 Å². The second-order valence-corrected chi connectivity index (χ2v) is 3.25. The van der Waals surface area contributed by atoms with Crippen LogP contribution in [0.1, 0.15) is 11.1 Å². The smallest absolute Gasteiger partial charge is 0.137 e. The molecule has 2 rings (SSSR count). The molecule has 1 heterocycles. The number of hydrogen-bond acceptors (Lipinski definition) is 1. The normalized spacial score (nSPS) is 10.3. The molecule has 0 fully saturated rings. The SMILES string of the molecule is Cc1cc(C)cc(-c2nc[c][nH]2)c1. The quantitative estimate of drug-likeness (QED) is 0.701. The van der Waals surface area contributed by atoms with E-state index in [2.05, 4.69) is 48.2 Å². The van der Waals surface area contributed by atoms with Crippen LogP contribution in [0, 0.1) is 20.0 Å². The first kappa shape index (κ1) is 8.05. The summed E-state index contributed by atoms with van der Waals surface area (Å²) in [5.41, 5.74) is 3.64. The summed E-state index contributed by atoms with van der Waals surface area (Å²) in [5, 5.41) is 0. The molecule has 2 heteroatoms. The van der Waals surface area contributed by atoms with Crippen LogP contribution in [0.2, 0.25) is 0 Å². The molecule has 1 radical (unpaired) electrons. The number of nitrogens with one attached hydrogen (secondary N) is 1. The van der Waals surface area contributed by atoms with E-state index in [0.717, 1.165) is 11.4 Å². The van der Waals surface area contributed by atoms with Crippen molar-refractivity contribution in [2.24, 2.45) is 0 Å². The largest absolute Gasteiger partial charge is 0.337 e. The van der Waals surface area contributed by atoms with Crippen molar-refractivity contribution in [2.75, 3.05) is 0 Å². The molecule has 2 aromatic rings. The van der Waals surface area contributed by atoms with Crippen LogP contribution in [-0.4, -0.2) is 9.97 Å². The highest BCUT2D eigenvalue weighted by Crippen LogP contribution is 2.17. The molecule has 1 aromatic carbocycles. The average molecular weight is 171 g/mol. The van der Waals surface area contributed by atoms with Crippen molar-refractivity contribution in [1.29, 1.82) is 0 Å². The number of H-pyrrole nitrogens is 1. The van der Waals surface area contributed by atoms with Crippen LogP contribution < -0.4 is 0 Å². The second-order valence-electron chi connectivity index (χ2n) is 3.25. The van der Waals surface area contributed by atoms with Crippen LogP contribution >= 0.6 is 0 Å². The van der Waals surface area contributed by atoms with Crippen LogP contribution in [-0.2, 0) is 0 Å². The Morgan fingerprint density at radius 2 is 1.85 bits per heavy atom. The lowest BCUT2D eigenvalue weighted by molar-refractivity contribution is 1.28. The maximum Gasteiger partial charge on any atom is 0.137 e. The highest BCUT2D eigenvalue weighted by molar-refractivity contribution is 5.57. The summed E-state index contributed by atoms with van der Waals surface area (Å²) in [7, 11) is 0. The van der Waals surface area contributed by atoms with E-state index in [1.165, 1.54) is 11.1 Å². The molecule has 65 valence electrons. The van der Waals surface area contributed by atoms with Crippen molar-refractivity contribution >= 4 is 0 Å². The Morgan fingerprint density at radius 3 is 2.38 bits per heavy atom. The van der Waals surface area contributed by atoms with Gasteiger partial charge in [0.25, 0.3) is 0 Å². The van der Waals surface area contributed by atoms with Gasteiger partial charge in [-0.2, -0.15) is 0 Å². The fourth-order valence-electron chi connectivity index (χ4n) is 1.49. The first-order chi connectivity index (χ1) is 6.25. The first-order valence-electron chi connectivity index (χ1n) is 4.25. The Morgan fingerprint density at radius 1 is 1.15 bits per heavy atom. The summed E-state index contributed by atoms with van der Waals surface area (Å²) in [4.78, 5) is 7.13. The third-order valence-corrected chi connectivity index (χ3v) is 1.94. The molecule has 0 unspecified atom stereocenters.